The number of hydrogen-bond acceptors (Lipinski definition) is 3. The minimum Gasteiger partial charge on any atom is -0.493 e. The SMILES string of the molecule is C#Cc1ccc(CN)c(OCCCOC)c1. The second kappa shape index (κ2) is 6.89. The van der Waals surface area contributed by atoms with Gasteiger partial charge < -0.3 is 15.2 Å². The van der Waals surface area contributed by atoms with Gasteiger partial charge in [-0.1, -0.05) is 12.0 Å². The van der Waals surface area contributed by atoms with Crippen molar-refractivity contribution < 1.29 is 9.47 Å². The van der Waals surface area contributed by atoms with E-state index in [1.54, 1.807) is 7.11 Å². The van der Waals surface area contributed by atoms with Crippen LogP contribution in [0.5, 0.6) is 5.75 Å². The van der Waals surface area contributed by atoms with E-state index in [1.165, 1.54) is 0 Å². The minimum atomic E-state index is 0.449. The molecular formula is C13H17NO2. The lowest BCUT2D eigenvalue weighted by Gasteiger charge is -2.10. The van der Waals surface area contributed by atoms with Crippen molar-refractivity contribution in [3.8, 4) is 18.1 Å². The third-order valence-electron chi connectivity index (χ3n) is 2.20. The molecule has 0 heterocycles. The molecule has 0 saturated heterocycles. The highest BCUT2D eigenvalue weighted by atomic mass is 16.5. The Kier molecular flexibility index (Phi) is 5.41. The summed E-state index contributed by atoms with van der Waals surface area (Å²) >= 11 is 0. The van der Waals surface area contributed by atoms with Gasteiger partial charge in [-0.2, -0.15) is 0 Å². The molecule has 0 aliphatic carbocycles. The van der Waals surface area contributed by atoms with Crippen molar-refractivity contribution in [2.24, 2.45) is 5.73 Å². The van der Waals surface area contributed by atoms with Gasteiger partial charge in [-0.3, -0.25) is 0 Å². The fraction of sp³-hybridized carbons (Fsp3) is 0.385. The van der Waals surface area contributed by atoms with Crippen LogP contribution >= 0.6 is 0 Å². The average Bonchev–Trinajstić information content (AvgIpc) is 2.34. The van der Waals surface area contributed by atoms with Crippen LogP contribution in [0.25, 0.3) is 0 Å². The summed E-state index contributed by atoms with van der Waals surface area (Å²) < 4.78 is 10.6. The zero-order valence-electron chi connectivity index (χ0n) is 9.53. The fourth-order valence-electron chi connectivity index (χ4n) is 1.33. The van der Waals surface area contributed by atoms with Gasteiger partial charge in [0.2, 0.25) is 0 Å². The van der Waals surface area contributed by atoms with E-state index in [4.69, 9.17) is 21.6 Å². The van der Waals surface area contributed by atoms with Gasteiger partial charge in [-0.25, -0.2) is 0 Å². The first kappa shape index (κ1) is 12.6. The van der Waals surface area contributed by atoms with Gasteiger partial charge in [-0.15, -0.1) is 6.42 Å². The Hall–Kier alpha value is -1.50. The molecule has 0 spiro atoms. The Balaban J connectivity index is 2.65. The summed E-state index contributed by atoms with van der Waals surface area (Å²) in [5.41, 5.74) is 7.39. The van der Waals surface area contributed by atoms with Crippen LogP contribution in [0, 0.1) is 12.3 Å². The lowest BCUT2D eigenvalue weighted by atomic mass is 10.1. The number of nitrogens with two attached hydrogens (primary N) is 1. The van der Waals surface area contributed by atoms with Crippen molar-refractivity contribution in [1.29, 1.82) is 0 Å². The average molecular weight is 219 g/mol. The minimum absolute atomic E-state index is 0.449. The van der Waals surface area contributed by atoms with E-state index >= 15 is 0 Å². The van der Waals surface area contributed by atoms with Crippen molar-refractivity contribution in [2.45, 2.75) is 13.0 Å². The summed E-state index contributed by atoms with van der Waals surface area (Å²) in [6, 6.07) is 5.61. The molecule has 86 valence electrons. The molecule has 2 N–H and O–H groups in total. The van der Waals surface area contributed by atoms with E-state index in [9.17, 15) is 0 Å². The predicted octanol–water partition coefficient (Wildman–Crippen LogP) is 1.54. The second-order valence-corrected chi connectivity index (χ2v) is 3.37. The van der Waals surface area contributed by atoms with Crippen molar-refractivity contribution in [3.63, 3.8) is 0 Å². The molecule has 0 fully saturated rings. The molecule has 0 aromatic heterocycles. The lowest BCUT2D eigenvalue weighted by molar-refractivity contribution is 0.172. The van der Waals surface area contributed by atoms with Gasteiger partial charge in [0.1, 0.15) is 5.75 Å². The van der Waals surface area contributed by atoms with Crippen molar-refractivity contribution >= 4 is 0 Å². The topological polar surface area (TPSA) is 44.5 Å². The van der Waals surface area contributed by atoms with Gasteiger partial charge >= 0.3 is 0 Å². The first-order valence-corrected chi connectivity index (χ1v) is 5.23. The van der Waals surface area contributed by atoms with Crippen LogP contribution in [0.15, 0.2) is 18.2 Å². The van der Waals surface area contributed by atoms with E-state index in [1.807, 2.05) is 18.2 Å². The molecule has 0 bridgehead atoms. The quantitative estimate of drug-likeness (QED) is 0.583. The van der Waals surface area contributed by atoms with E-state index in [2.05, 4.69) is 5.92 Å². The summed E-state index contributed by atoms with van der Waals surface area (Å²) in [5, 5.41) is 0. The number of hydrogen-bond donors (Lipinski definition) is 1. The standard InChI is InChI=1S/C13H17NO2/c1-3-11-5-6-12(10-14)13(9-11)16-8-4-7-15-2/h1,5-6,9H,4,7-8,10,14H2,2H3. The molecule has 1 aromatic carbocycles. The monoisotopic (exact) mass is 219 g/mol. The van der Waals surface area contributed by atoms with E-state index in [-0.39, 0.29) is 0 Å². The van der Waals surface area contributed by atoms with Crippen LogP contribution in [0.2, 0.25) is 0 Å². The highest BCUT2D eigenvalue weighted by Crippen LogP contribution is 2.19. The molecule has 0 amide bonds. The van der Waals surface area contributed by atoms with Crippen molar-refractivity contribution in [1.82, 2.24) is 0 Å². The number of ether oxygens (including phenoxy) is 2. The first-order valence-electron chi connectivity index (χ1n) is 5.23. The van der Waals surface area contributed by atoms with Crippen LogP contribution in [0.1, 0.15) is 17.5 Å². The van der Waals surface area contributed by atoms with Gasteiger partial charge in [0, 0.05) is 37.8 Å². The van der Waals surface area contributed by atoms with Crippen LogP contribution in [-0.2, 0) is 11.3 Å². The zero-order chi connectivity index (χ0) is 11.8. The largest absolute Gasteiger partial charge is 0.493 e. The molecule has 0 atom stereocenters. The fourth-order valence-corrected chi connectivity index (χ4v) is 1.33. The van der Waals surface area contributed by atoms with Crippen molar-refractivity contribution in [2.75, 3.05) is 20.3 Å². The molecule has 0 aliphatic heterocycles. The highest BCUT2D eigenvalue weighted by Gasteiger charge is 2.03. The van der Waals surface area contributed by atoms with Gasteiger partial charge in [0.15, 0.2) is 0 Å². The molecule has 16 heavy (non-hydrogen) atoms. The summed E-state index contributed by atoms with van der Waals surface area (Å²) in [7, 11) is 1.67. The van der Waals surface area contributed by atoms with Crippen LogP contribution in [0.3, 0.4) is 0 Å². The maximum atomic E-state index is 5.62. The summed E-state index contributed by atoms with van der Waals surface area (Å²) in [6.45, 7) is 1.74. The molecule has 3 heteroatoms. The lowest BCUT2D eigenvalue weighted by Crippen LogP contribution is -2.05. The Labute approximate surface area is 96.6 Å². The summed E-state index contributed by atoms with van der Waals surface area (Å²) in [5.74, 6) is 3.35. The Morgan fingerprint density at radius 2 is 2.19 bits per heavy atom. The maximum absolute atomic E-state index is 5.62. The Bertz CT molecular complexity index is 369. The number of methoxy groups -OCH3 is 1. The van der Waals surface area contributed by atoms with E-state index in [0.29, 0.717) is 19.8 Å². The predicted molar refractivity (Wildman–Crippen MR) is 64.3 cm³/mol. The molecule has 1 aromatic rings. The van der Waals surface area contributed by atoms with Crippen LogP contribution in [-0.4, -0.2) is 20.3 Å². The third kappa shape index (κ3) is 3.58. The molecule has 3 nitrogen and oxygen atoms in total. The molecule has 0 aliphatic rings. The first-order chi connectivity index (χ1) is 7.81. The van der Waals surface area contributed by atoms with Crippen LogP contribution < -0.4 is 10.5 Å². The third-order valence-corrected chi connectivity index (χ3v) is 2.20. The molecular weight excluding hydrogens is 202 g/mol. The van der Waals surface area contributed by atoms with Gasteiger partial charge in [0.05, 0.1) is 6.61 Å². The smallest absolute Gasteiger partial charge is 0.125 e. The number of rotatable bonds is 6. The molecule has 0 radical (unpaired) electrons. The Morgan fingerprint density at radius 3 is 2.81 bits per heavy atom. The normalized spacial score (nSPS) is 9.81. The summed E-state index contributed by atoms with van der Waals surface area (Å²) in [4.78, 5) is 0. The molecule has 1 rings (SSSR count). The molecule has 0 unspecified atom stereocenters. The summed E-state index contributed by atoms with van der Waals surface area (Å²) in [6.07, 6.45) is 6.18. The van der Waals surface area contributed by atoms with Gasteiger partial charge in [-0.05, 0) is 12.1 Å². The maximum Gasteiger partial charge on any atom is 0.125 e. The second-order valence-electron chi connectivity index (χ2n) is 3.37. The zero-order valence-corrected chi connectivity index (χ0v) is 9.53. The molecule has 0 saturated carbocycles. The Morgan fingerprint density at radius 1 is 1.38 bits per heavy atom. The van der Waals surface area contributed by atoms with Gasteiger partial charge in [0.25, 0.3) is 0 Å². The van der Waals surface area contributed by atoms with Crippen molar-refractivity contribution in [3.05, 3.63) is 29.3 Å². The number of benzene rings is 1. The van der Waals surface area contributed by atoms with E-state index < -0.39 is 0 Å². The van der Waals surface area contributed by atoms with E-state index in [0.717, 1.165) is 23.3 Å². The van der Waals surface area contributed by atoms with Crippen LogP contribution in [0.4, 0.5) is 0 Å². The number of terminal acetylenes is 1. The highest BCUT2D eigenvalue weighted by molar-refractivity contribution is 5.43.